The van der Waals surface area contributed by atoms with E-state index in [1.807, 2.05) is 13.8 Å². The van der Waals surface area contributed by atoms with E-state index in [9.17, 15) is 0 Å². The summed E-state index contributed by atoms with van der Waals surface area (Å²) in [5, 5.41) is 0. The van der Waals surface area contributed by atoms with E-state index in [0.717, 1.165) is 6.61 Å². The van der Waals surface area contributed by atoms with Crippen LogP contribution >= 0.6 is 0 Å². The predicted octanol–water partition coefficient (Wildman–Crippen LogP) is 1.87. The number of hydrogen-bond donors (Lipinski definition) is 0. The third-order valence-corrected chi connectivity index (χ3v) is 2.39. The molecule has 0 aromatic heterocycles. The zero-order valence-electron chi connectivity index (χ0n) is 9.24. The Morgan fingerprint density at radius 1 is 1.29 bits per heavy atom. The molecule has 3 atom stereocenters. The predicted molar refractivity (Wildman–Crippen MR) is 53.0 cm³/mol. The first kappa shape index (κ1) is 10.1. The van der Waals surface area contributed by atoms with Crippen molar-refractivity contribution >= 4 is 0 Å². The molecule has 0 N–H and O–H groups in total. The molecule has 14 heavy (non-hydrogen) atoms. The molecule has 0 radical (unpaired) electrons. The molecule has 3 nitrogen and oxygen atoms in total. The van der Waals surface area contributed by atoms with Gasteiger partial charge < -0.3 is 14.2 Å². The first-order valence-corrected chi connectivity index (χ1v) is 5.10. The third-order valence-electron chi connectivity index (χ3n) is 2.39. The Kier molecular flexibility index (Phi) is 2.41. The summed E-state index contributed by atoms with van der Waals surface area (Å²) in [6, 6.07) is 0. The Bertz CT molecular complexity index is 249. The van der Waals surface area contributed by atoms with Crippen LogP contribution in [0.15, 0.2) is 11.6 Å². The van der Waals surface area contributed by atoms with E-state index in [0.29, 0.717) is 0 Å². The molecule has 0 spiro atoms. The second-order valence-electron chi connectivity index (χ2n) is 4.68. The number of epoxide rings is 1. The van der Waals surface area contributed by atoms with Crippen molar-refractivity contribution in [3.63, 3.8) is 0 Å². The minimum absolute atomic E-state index is 0.0440. The van der Waals surface area contributed by atoms with E-state index in [-0.39, 0.29) is 18.3 Å². The van der Waals surface area contributed by atoms with E-state index in [1.165, 1.54) is 5.57 Å². The zero-order chi connectivity index (χ0) is 10.3. The smallest absolute Gasteiger partial charge is 0.164 e. The van der Waals surface area contributed by atoms with Crippen LogP contribution in [-0.2, 0) is 14.2 Å². The lowest BCUT2D eigenvalue weighted by Gasteiger charge is -2.16. The zero-order valence-corrected chi connectivity index (χ0v) is 9.24. The highest BCUT2D eigenvalue weighted by Crippen LogP contribution is 2.35. The maximum absolute atomic E-state index is 5.79. The van der Waals surface area contributed by atoms with Crippen molar-refractivity contribution < 1.29 is 14.2 Å². The van der Waals surface area contributed by atoms with Crippen molar-refractivity contribution in [1.82, 2.24) is 0 Å². The van der Waals surface area contributed by atoms with Gasteiger partial charge in [-0.25, -0.2) is 0 Å². The lowest BCUT2D eigenvalue weighted by molar-refractivity contribution is -0.144. The molecule has 0 aromatic carbocycles. The fourth-order valence-electron chi connectivity index (χ4n) is 1.81. The summed E-state index contributed by atoms with van der Waals surface area (Å²) in [6.45, 7) is 8.83. The molecule has 2 fully saturated rings. The maximum Gasteiger partial charge on any atom is 0.164 e. The number of allylic oxidation sites excluding steroid dienone is 1. The van der Waals surface area contributed by atoms with E-state index in [1.54, 1.807) is 0 Å². The summed E-state index contributed by atoms with van der Waals surface area (Å²) in [6.07, 6.45) is 2.46. The van der Waals surface area contributed by atoms with Crippen LogP contribution in [0.5, 0.6) is 0 Å². The maximum atomic E-state index is 5.79. The molecule has 3 heteroatoms. The quantitative estimate of drug-likeness (QED) is 0.501. The fourth-order valence-corrected chi connectivity index (χ4v) is 1.81. The lowest BCUT2D eigenvalue weighted by Crippen LogP contribution is -2.27. The van der Waals surface area contributed by atoms with E-state index in [4.69, 9.17) is 14.2 Å². The van der Waals surface area contributed by atoms with Gasteiger partial charge in [0.2, 0.25) is 0 Å². The Hall–Kier alpha value is -0.380. The van der Waals surface area contributed by atoms with Crippen LogP contribution < -0.4 is 0 Å². The molecule has 0 saturated carbocycles. The summed E-state index contributed by atoms with van der Waals surface area (Å²) in [5.41, 5.74) is 1.25. The molecule has 0 aromatic rings. The second-order valence-corrected chi connectivity index (χ2v) is 4.68. The first-order valence-electron chi connectivity index (χ1n) is 5.10. The molecule has 80 valence electrons. The minimum atomic E-state index is -0.479. The molecule has 2 saturated heterocycles. The lowest BCUT2D eigenvalue weighted by atomic mass is 10.1. The van der Waals surface area contributed by atoms with Gasteiger partial charge in [-0.15, -0.1) is 0 Å². The topological polar surface area (TPSA) is 31.0 Å². The normalized spacial score (nSPS) is 39.6. The van der Waals surface area contributed by atoms with Crippen molar-refractivity contribution in [2.75, 3.05) is 6.61 Å². The summed E-state index contributed by atoms with van der Waals surface area (Å²) in [5.74, 6) is -0.479. The average molecular weight is 198 g/mol. The molecular weight excluding hydrogens is 180 g/mol. The third kappa shape index (κ3) is 2.16. The van der Waals surface area contributed by atoms with Crippen LogP contribution in [0.1, 0.15) is 27.7 Å². The molecular formula is C11H18O3. The van der Waals surface area contributed by atoms with Gasteiger partial charge in [0.1, 0.15) is 18.3 Å². The first-order chi connectivity index (χ1) is 6.48. The van der Waals surface area contributed by atoms with Gasteiger partial charge in [-0.1, -0.05) is 11.6 Å². The molecule has 2 aliphatic heterocycles. The molecule has 0 bridgehead atoms. The van der Waals surface area contributed by atoms with E-state index >= 15 is 0 Å². The van der Waals surface area contributed by atoms with Gasteiger partial charge in [-0.3, -0.25) is 0 Å². The van der Waals surface area contributed by atoms with Gasteiger partial charge in [0.05, 0.1) is 6.61 Å². The average Bonchev–Trinajstić information content (AvgIpc) is 2.76. The standard InChI is InChI=1S/C11H18O3/c1-7(2)5-8-10(9-6-12-9)14-11(3,4)13-8/h5,8-10H,6H2,1-4H3/t8-,9+,10-/m0/s1. The second kappa shape index (κ2) is 3.33. The molecule has 0 unspecified atom stereocenters. The van der Waals surface area contributed by atoms with Crippen molar-refractivity contribution in [3.8, 4) is 0 Å². The summed E-state index contributed by atoms with van der Waals surface area (Å²) >= 11 is 0. The van der Waals surface area contributed by atoms with Crippen LogP contribution in [-0.4, -0.2) is 30.7 Å². The molecule has 2 rings (SSSR count). The van der Waals surface area contributed by atoms with Crippen LogP contribution in [0.4, 0.5) is 0 Å². The largest absolute Gasteiger partial charge is 0.370 e. The summed E-state index contributed by atoms with van der Waals surface area (Å²) < 4.78 is 16.9. The monoisotopic (exact) mass is 198 g/mol. The minimum Gasteiger partial charge on any atom is -0.370 e. The number of hydrogen-bond acceptors (Lipinski definition) is 3. The number of ether oxygens (including phenoxy) is 3. The van der Waals surface area contributed by atoms with Crippen molar-refractivity contribution in [1.29, 1.82) is 0 Å². The Morgan fingerprint density at radius 2 is 1.93 bits per heavy atom. The molecule has 0 amide bonds. The van der Waals surface area contributed by atoms with Gasteiger partial charge in [0.15, 0.2) is 5.79 Å². The summed E-state index contributed by atoms with van der Waals surface area (Å²) in [4.78, 5) is 0. The molecule has 0 aliphatic carbocycles. The Balaban J connectivity index is 2.09. The molecule has 2 aliphatic rings. The van der Waals surface area contributed by atoms with Gasteiger partial charge in [-0.05, 0) is 27.7 Å². The highest BCUT2D eigenvalue weighted by Gasteiger charge is 2.48. The van der Waals surface area contributed by atoms with E-state index in [2.05, 4.69) is 19.9 Å². The van der Waals surface area contributed by atoms with Crippen LogP contribution in [0.25, 0.3) is 0 Å². The van der Waals surface area contributed by atoms with Crippen molar-refractivity contribution in [2.45, 2.75) is 51.8 Å². The van der Waals surface area contributed by atoms with Crippen LogP contribution in [0.2, 0.25) is 0 Å². The van der Waals surface area contributed by atoms with E-state index < -0.39 is 5.79 Å². The van der Waals surface area contributed by atoms with Gasteiger partial charge in [0.25, 0.3) is 0 Å². The van der Waals surface area contributed by atoms with Crippen molar-refractivity contribution in [2.24, 2.45) is 0 Å². The summed E-state index contributed by atoms with van der Waals surface area (Å²) in [7, 11) is 0. The molecule has 2 heterocycles. The number of rotatable bonds is 2. The van der Waals surface area contributed by atoms with Gasteiger partial charge >= 0.3 is 0 Å². The van der Waals surface area contributed by atoms with Gasteiger partial charge in [0, 0.05) is 0 Å². The van der Waals surface area contributed by atoms with Gasteiger partial charge in [-0.2, -0.15) is 0 Å². The highest BCUT2D eigenvalue weighted by molar-refractivity contribution is 5.07. The highest BCUT2D eigenvalue weighted by atomic mass is 16.8. The SMILES string of the molecule is CC(C)=C[C@@H]1OC(C)(C)O[C@@H]1[C@H]1CO1. The Morgan fingerprint density at radius 3 is 2.43 bits per heavy atom. The Labute approximate surface area is 85.0 Å². The van der Waals surface area contributed by atoms with Crippen LogP contribution in [0.3, 0.4) is 0 Å². The fraction of sp³-hybridized carbons (Fsp3) is 0.818. The van der Waals surface area contributed by atoms with Crippen LogP contribution in [0, 0.1) is 0 Å². The van der Waals surface area contributed by atoms with Crippen molar-refractivity contribution in [3.05, 3.63) is 11.6 Å².